The van der Waals surface area contributed by atoms with Gasteiger partial charge >= 0.3 is 0 Å². The Bertz CT molecular complexity index is 854. The molecule has 6 heteroatoms. The number of aryl methyl sites for hydroxylation is 1. The number of para-hydroxylation sites is 1. The third-order valence-electron chi connectivity index (χ3n) is 5.07. The second kappa shape index (κ2) is 8.48. The molecule has 1 amide bonds. The molecule has 1 saturated heterocycles. The maximum atomic E-state index is 12.5. The van der Waals surface area contributed by atoms with Crippen molar-refractivity contribution >= 4 is 33.1 Å². The quantitative estimate of drug-likeness (QED) is 0.616. The molecule has 0 radical (unpaired) electrons. The molecule has 27 heavy (non-hydrogen) atoms. The lowest BCUT2D eigenvalue weighted by atomic mass is 10.1. The molecule has 1 N–H and O–H groups in total. The number of thiazole rings is 1. The molecule has 0 bridgehead atoms. The summed E-state index contributed by atoms with van der Waals surface area (Å²) in [7, 11) is 0. The standard InChI is InChI=1S/C21H24N4OS/c26-21(25-15-13-24(14-16-25)17-9-11-22-12-10-17)8-4-3-7-20-23-18-5-1-2-6-19(18)27-20/h1-2,5-6,9-12H,3-4,7-8,13-16H2/p+1. The summed E-state index contributed by atoms with van der Waals surface area (Å²) in [6.45, 7) is 3.44. The van der Waals surface area contributed by atoms with Gasteiger partial charge in [-0.25, -0.2) is 9.97 Å². The molecule has 140 valence electrons. The van der Waals surface area contributed by atoms with Crippen molar-refractivity contribution in [1.82, 2.24) is 9.88 Å². The van der Waals surface area contributed by atoms with E-state index in [1.54, 1.807) is 11.3 Å². The number of benzene rings is 1. The molecule has 3 aromatic rings. The normalized spacial score (nSPS) is 14.7. The van der Waals surface area contributed by atoms with Gasteiger partial charge in [0.15, 0.2) is 12.4 Å². The van der Waals surface area contributed by atoms with E-state index >= 15 is 0 Å². The van der Waals surface area contributed by atoms with Crippen LogP contribution in [-0.4, -0.2) is 42.0 Å². The molecule has 0 saturated carbocycles. The number of anilines is 1. The molecule has 1 aliphatic rings. The molecule has 3 heterocycles. The van der Waals surface area contributed by atoms with Crippen LogP contribution >= 0.6 is 11.3 Å². The number of amides is 1. The number of unbranched alkanes of at least 4 members (excludes halogenated alkanes) is 1. The summed E-state index contributed by atoms with van der Waals surface area (Å²) in [5, 5.41) is 1.18. The number of carbonyl (C=O) groups excluding carboxylic acids is 1. The molecule has 5 nitrogen and oxygen atoms in total. The van der Waals surface area contributed by atoms with E-state index in [1.165, 1.54) is 15.4 Å². The number of nitrogens with one attached hydrogen (secondary N) is 1. The zero-order valence-corrected chi connectivity index (χ0v) is 16.3. The van der Waals surface area contributed by atoms with Gasteiger partial charge in [-0.2, -0.15) is 0 Å². The lowest BCUT2D eigenvalue weighted by Crippen LogP contribution is -2.48. The van der Waals surface area contributed by atoms with E-state index in [9.17, 15) is 4.79 Å². The predicted molar refractivity (Wildman–Crippen MR) is 109 cm³/mol. The number of aromatic nitrogens is 2. The average Bonchev–Trinajstić information content (AvgIpc) is 3.15. The average molecular weight is 382 g/mol. The number of nitrogens with zero attached hydrogens (tertiary/aromatic N) is 3. The third-order valence-corrected chi connectivity index (χ3v) is 6.16. The minimum atomic E-state index is 0.292. The van der Waals surface area contributed by atoms with Crippen LogP contribution in [0.25, 0.3) is 10.2 Å². The maximum Gasteiger partial charge on any atom is 0.222 e. The Balaban J connectivity index is 1.19. The Kier molecular flexibility index (Phi) is 5.63. The van der Waals surface area contributed by atoms with Crippen molar-refractivity contribution in [3.05, 3.63) is 53.8 Å². The van der Waals surface area contributed by atoms with Crippen molar-refractivity contribution in [1.29, 1.82) is 0 Å². The van der Waals surface area contributed by atoms with Gasteiger partial charge in [0.25, 0.3) is 0 Å². The number of rotatable bonds is 6. The van der Waals surface area contributed by atoms with Gasteiger partial charge in [-0.3, -0.25) is 4.79 Å². The maximum absolute atomic E-state index is 12.5. The van der Waals surface area contributed by atoms with Crippen molar-refractivity contribution in [2.45, 2.75) is 25.7 Å². The zero-order chi connectivity index (χ0) is 18.5. The fourth-order valence-electron chi connectivity index (χ4n) is 3.54. The minimum Gasteiger partial charge on any atom is -0.368 e. The van der Waals surface area contributed by atoms with Crippen LogP contribution in [0.2, 0.25) is 0 Å². The van der Waals surface area contributed by atoms with Crippen LogP contribution < -0.4 is 9.88 Å². The van der Waals surface area contributed by atoms with Crippen LogP contribution in [0.1, 0.15) is 24.3 Å². The van der Waals surface area contributed by atoms with Crippen LogP contribution in [0.15, 0.2) is 48.8 Å². The second-order valence-corrected chi connectivity index (χ2v) is 8.02. The van der Waals surface area contributed by atoms with Gasteiger partial charge in [0, 0.05) is 50.4 Å². The van der Waals surface area contributed by atoms with Crippen molar-refractivity contribution in [3.8, 4) is 0 Å². The molecular formula is C21H25N4OS+. The number of pyridine rings is 1. The van der Waals surface area contributed by atoms with Crippen molar-refractivity contribution < 1.29 is 9.78 Å². The summed E-state index contributed by atoms with van der Waals surface area (Å²) in [6, 6.07) is 12.4. The van der Waals surface area contributed by atoms with Crippen molar-refractivity contribution in [2.24, 2.45) is 0 Å². The largest absolute Gasteiger partial charge is 0.368 e. The van der Waals surface area contributed by atoms with E-state index in [0.29, 0.717) is 12.3 Å². The zero-order valence-electron chi connectivity index (χ0n) is 15.4. The molecule has 0 atom stereocenters. The molecule has 2 aromatic heterocycles. The Morgan fingerprint density at radius 3 is 2.59 bits per heavy atom. The first-order chi connectivity index (χ1) is 13.3. The SMILES string of the molecule is O=C(CCCCc1nc2ccccc2s1)N1CCN(c2cc[nH+]cc2)CC1. The topological polar surface area (TPSA) is 50.6 Å². The third kappa shape index (κ3) is 4.45. The fourth-order valence-corrected chi connectivity index (χ4v) is 4.55. The highest BCUT2D eigenvalue weighted by Gasteiger charge is 2.21. The Morgan fingerprint density at radius 2 is 1.81 bits per heavy atom. The highest BCUT2D eigenvalue weighted by molar-refractivity contribution is 7.18. The molecule has 1 fully saturated rings. The highest BCUT2D eigenvalue weighted by atomic mass is 32.1. The number of hydrogen-bond donors (Lipinski definition) is 0. The number of H-pyrrole nitrogens is 1. The Labute approximate surface area is 163 Å². The number of carbonyl (C=O) groups is 1. The summed E-state index contributed by atoms with van der Waals surface area (Å²) >= 11 is 1.77. The summed E-state index contributed by atoms with van der Waals surface area (Å²) < 4.78 is 1.25. The van der Waals surface area contributed by atoms with E-state index < -0.39 is 0 Å². The van der Waals surface area contributed by atoms with Gasteiger partial charge in [0.2, 0.25) is 5.91 Å². The number of hydrogen-bond acceptors (Lipinski definition) is 4. The molecule has 0 spiro atoms. The first-order valence-electron chi connectivity index (χ1n) is 9.63. The van der Waals surface area contributed by atoms with Gasteiger partial charge in [0.1, 0.15) is 0 Å². The molecular weight excluding hydrogens is 356 g/mol. The fraction of sp³-hybridized carbons (Fsp3) is 0.381. The van der Waals surface area contributed by atoms with Crippen molar-refractivity contribution in [2.75, 3.05) is 31.1 Å². The van der Waals surface area contributed by atoms with Gasteiger partial charge in [0.05, 0.1) is 15.2 Å². The lowest BCUT2D eigenvalue weighted by molar-refractivity contribution is -0.377. The Morgan fingerprint density at radius 1 is 1.04 bits per heavy atom. The summed E-state index contributed by atoms with van der Waals surface area (Å²) in [6.07, 6.45) is 7.45. The van der Waals surface area contributed by atoms with E-state index in [2.05, 4.69) is 45.2 Å². The monoisotopic (exact) mass is 381 g/mol. The van der Waals surface area contributed by atoms with Crippen molar-refractivity contribution in [3.63, 3.8) is 0 Å². The van der Waals surface area contributed by atoms with Crippen LogP contribution in [0.4, 0.5) is 5.69 Å². The molecule has 1 aliphatic heterocycles. The minimum absolute atomic E-state index is 0.292. The predicted octanol–water partition coefficient (Wildman–Crippen LogP) is 3.17. The van der Waals surface area contributed by atoms with Gasteiger partial charge in [-0.15, -0.1) is 11.3 Å². The second-order valence-electron chi connectivity index (χ2n) is 6.91. The first-order valence-corrected chi connectivity index (χ1v) is 10.4. The smallest absolute Gasteiger partial charge is 0.222 e. The number of aromatic amines is 1. The molecule has 1 aromatic carbocycles. The molecule has 0 aliphatic carbocycles. The molecule has 4 rings (SSSR count). The van der Waals surface area contributed by atoms with Crippen LogP contribution in [0.3, 0.4) is 0 Å². The summed E-state index contributed by atoms with van der Waals surface area (Å²) in [5.41, 5.74) is 2.31. The van der Waals surface area contributed by atoms with E-state index in [0.717, 1.165) is 51.0 Å². The number of piperazine rings is 1. The van der Waals surface area contributed by atoms with E-state index in [1.807, 2.05) is 23.4 Å². The van der Waals surface area contributed by atoms with Gasteiger partial charge in [-0.1, -0.05) is 12.1 Å². The molecule has 0 unspecified atom stereocenters. The number of fused-ring (bicyclic) bond motifs is 1. The Hall–Kier alpha value is -2.47. The van der Waals surface area contributed by atoms with E-state index in [4.69, 9.17) is 0 Å². The highest BCUT2D eigenvalue weighted by Crippen LogP contribution is 2.23. The van der Waals surface area contributed by atoms with Crippen LogP contribution in [-0.2, 0) is 11.2 Å². The van der Waals surface area contributed by atoms with Crippen LogP contribution in [0.5, 0.6) is 0 Å². The summed E-state index contributed by atoms with van der Waals surface area (Å²) in [4.78, 5) is 24.6. The lowest BCUT2D eigenvalue weighted by Gasteiger charge is -2.35. The van der Waals surface area contributed by atoms with E-state index in [-0.39, 0.29) is 0 Å². The van der Waals surface area contributed by atoms with Gasteiger partial charge in [-0.05, 0) is 31.4 Å². The first kappa shape index (κ1) is 17.9. The van der Waals surface area contributed by atoms with Gasteiger partial charge < -0.3 is 9.80 Å². The summed E-state index contributed by atoms with van der Waals surface area (Å²) in [5.74, 6) is 0.292. The van der Waals surface area contributed by atoms with Crippen LogP contribution in [0, 0.1) is 0 Å².